The second-order valence-corrected chi connectivity index (χ2v) is 4.23. The van der Waals surface area contributed by atoms with Crippen molar-refractivity contribution in [3.05, 3.63) is 24.0 Å². The van der Waals surface area contributed by atoms with Crippen molar-refractivity contribution in [3.63, 3.8) is 0 Å². The van der Waals surface area contributed by atoms with Gasteiger partial charge in [0, 0.05) is 6.04 Å². The molecule has 0 spiro atoms. The molecule has 0 saturated heterocycles. The summed E-state index contributed by atoms with van der Waals surface area (Å²) in [6.45, 7) is 6.24. The van der Waals surface area contributed by atoms with Gasteiger partial charge in [-0.25, -0.2) is 14.3 Å². The van der Waals surface area contributed by atoms with E-state index >= 15 is 0 Å². The van der Waals surface area contributed by atoms with Gasteiger partial charge in [0.05, 0.1) is 12.3 Å². The Kier molecular flexibility index (Phi) is 3.19. The molecule has 2 heterocycles. The minimum atomic E-state index is -0.605. The van der Waals surface area contributed by atoms with Crippen molar-refractivity contribution in [3.8, 4) is 0 Å². The molecule has 17 heavy (non-hydrogen) atoms. The molecule has 2 aromatic heterocycles. The predicted molar refractivity (Wildman–Crippen MR) is 60.2 cm³/mol. The lowest BCUT2D eigenvalue weighted by Gasteiger charge is -2.08. The summed E-state index contributed by atoms with van der Waals surface area (Å²) in [6.07, 6.45) is 2.64. The molecule has 2 aromatic rings. The largest absolute Gasteiger partial charge is 0.387 e. The first kappa shape index (κ1) is 11.7. The van der Waals surface area contributed by atoms with Crippen LogP contribution in [-0.2, 0) is 6.54 Å². The molecule has 0 radical (unpaired) electrons. The maximum absolute atomic E-state index is 9.36. The van der Waals surface area contributed by atoms with Crippen molar-refractivity contribution in [2.24, 2.45) is 0 Å². The zero-order valence-electron chi connectivity index (χ0n) is 10.1. The molecule has 0 saturated carbocycles. The summed E-state index contributed by atoms with van der Waals surface area (Å²) in [7, 11) is 0. The van der Waals surface area contributed by atoms with Gasteiger partial charge in [0.25, 0.3) is 0 Å². The summed E-state index contributed by atoms with van der Waals surface area (Å²) in [5, 5.41) is 21.3. The van der Waals surface area contributed by atoms with Gasteiger partial charge >= 0.3 is 0 Å². The monoisotopic (exact) mass is 236 g/mol. The van der Waals surface area contributed by atoms with Crippen LogP contribution in [0.3, 0.4) is 0 Å². The molecule has 92 valence electrons. The van der Waals surface area contributed by atoms with Crippen molar-refractivity contribution in [1.82, 2.24) is 29.8 Å². The van der Waals surface area contributed by atoms with Crippen LogP contribution in [0.1, 0.15) is 44.4 Å². The fourth-order valence-electron chi connectivity index (χ4n) is 1.55. The minimum absolute atomic E-state index is 0.257. The second-order valence-electron chi connectivity index (χ2n) is 4.23. The van der Waals surface area contributed by atoms with Crippen LogP contribution in [0.2, 0.25) is 0 Å². The molecule has 7 heteroatoms. The van der Waals surface area contributed by atoms with Crippen molar-refractivity contribution >= 4 is 0 Å². The van der Waals surface area contributed by atoms with Gasteiger partial charge in [-0.05, 0) is 20.8 Å². The molecule has 1 N–H and O–H groups in total. The van der Waals surface area contributed by atoms with Crippen LogP contribution < -0.4 is 0 Å². The van der Waals surface area contributed by atoms with Gasteiger partial charge in [0.2, 0.25) is 0 Å². The number of aliphatic hydroxyl groups excluding tert-OH is 1. The van der Waals surface area contributed by atoms with Gasteiger partial charge in [0.1, 0.15) is 24.4 Å². The van der Waals surface area contributed by atoms with Crippen molar-refractivity contribution in [2.45, 2.75) is 39.5 Å². The summed E-state index contributed by atoms with van der Waals surface area (Å²) in [4.78, 5) is 4.19. The SMILES string of the molecule is CC(O)c1cn(Cc2ncnn2C(C)C)nn1. The minimum Gasteiger partial charge on any atom is -0.387 e. The maximum atomic E-state index is 9.36. The molecule has 1 atom stereocenters. The van der Waals surface area contributed by atoms with E-state index in [-0.39, 0.29) is 6.04 Å². The van der Waals surface area contributed by atoms with Crippen molar-refractivity contribution in [1.29, 1.82) is 0 Å². The Hall–Kier alpha value is -1.76. The van der Waals surface area contributed by atoms with Gasteiger partial charge in [-0.2, -0.15) is 5.10 Å². The number of aromatic nitrogens is 6. The quantitative estimate of drug-likeness (QED) is 0.838. The van der Waals surface area contributed by atoms with Crippen LogP contribution in [0, 0.1) is 0 Å². The van der Waals surface area contributed by atoms with E-state index in [1.807, 2.05) is 18.5 Å². The van der Waals surface area contributed by atoms with Crippen LogP contribution in [0.4, 0.5) is 0 Å². The van der Waals surface area contributed by atoms with E-state index in [2.05, 4.69) is 20.4 Å². The highest BCUT2D eigenvalue weighted by Crippen LogP contribution is 2.09. The van der Waals surface area contributed by atoms with E-state index in [4.69, 9.17) is 0 Å². The van der Waals surface area contributed by atoms with Crippen molar-refractivity contribution < 1.29 is 5.11 Å². The van der Waals surface area contributed by atoms with Gasteiger partial charge in [-0.3, -0.25) is 0 Å². The molecule has 0 bridgehead atoms. The lowest BCUT2D eigenvalue weighted by molar-refractivity contribution is 0.194. The molecule has 0 aliphatic heterocycles. The first-order valence-electron chi connectivity index (χ1n) is 5.54. The molecule has 2 rings (SSSR count). The van der Waals surface area contributed by atoms with Gasteiger partial charge in [-0.1, -0.05) is 5.21 Å². The third-order valence-electron chi connectivity index (χ3n) is 2.42. The van der Waals surface area contributed by atoms with E-state index < -0.39 is 6.10 Å². The molecule has 0 fully saturated rings. The molecule has 0 aliphatic carbocycles. The Morgan fingerprint density at radius 3 is 2.71 bits per heavy atom. The first-order chi connectivity index (χ1) is 8.08. The van der Waals surface area contributed by atoms with E-state index in [1.165, 1.54) is 6.33 Å². The van der Waals surface area contributed by atoms with Crippen molar-refractivity contribution in [2.75, 3.05) is 0 Å². The molecule has 0 aliphatic rings. The fraction of sp³-hybridized carbons (Fsp3) is 0.600. The first-order valence-corrected chi connectivity index (χ1v) is 5.54. The molecule has 1 unspecified atom stereocenters. The highest BCUT2D eigenvalue weighted by atomic mass is 16.3. The Bertz CT molecular complexity index is 486. The van der Waals surface area contributed by atoms with Crippen LogP contribution in [0.5, 0.6) is 0 Å². The smallest absolute Gasteiger partial charge is 0.148 e. The predicted octanol–water partition coefficient (Wildman–Crippen LogP) is 0.552. The molecular formula is C10H16N6O. The highest BCUT2D eigenvalue weighted by Gasteiger charge is 2.11. The van der Waals surface area contributed by atoms with Crippen LogP contribution >= 0.6 is 0 Å². The Morgan fingerprint density at radius 2 is 2.12 bits per heavy atom. The summed E-state index contributed by atoms with van der Waals surface area (Å²) >= 11 is 0. The summed E-state index contributed by atoms with van der Waals surface area (Å²) < 4.78 is 3.48. The van der Waals surface area contributed by atoms with Crippen LogP contribution in [0.15, 0.2) is 12.5 Å². The zero-order chi connectivity index (χ0) is 12.4. The third-order valence-corrected chi connectivity index (χ3v) is 2.42. The zero-order valence-corrected chi connectivity index (χ0v) is 10.1. The van der Waals surface area contributed by atoms with Gasteiger partial charge in [0.15, 0.2) is 0 Å². The van der Waals surface area contributed by atoms with E-state index in [0.29, 0.717) is 12.2 Å². The van der Waals surface area contributed by atoms with E-state index in [0.717, 1.165) is 5.82 Å². The third kappa shape index (κ3) is 2.50. The Morgan fingerprint density at radius 1 is 1.35 bits per heavy atom. The lowest BCUT2D eigenvalue weighted by atomic mass is 10.3. The van der Waals surface area contributed by atoms with E-state index in [1.54, 1.807) is 17.8 Å². The maximum Gasteiger partial charge on any atom is 0.148 e. The highest BCUT2D eigenvalue weighted by molar-refractivity contribution is 4.97. The number of nitrogens with zero attached hydrogens (tertiary/aromatic N) is 6. The Labute approximate surface area is 99.1 Å². The normalized spacial score (nSPS) is 13.2. The summed E-state index contributed by atoms with van der Waals surface area (Å²) in [5.41, 5.74) is 0.556. The number of hydrogen-bond acceptors (Lipinski definition) is 5. The number of aliphatic hydroxyl groups is 1. The molecule has 7 nitrogen and oxygen atoms in total. The standard InChI is InChI=1S/C10H16N6O/c1-7(2)16-10(11-6-12-16)5-15-4-9(8(3)17)13-14-15/h4,6-8,17H,5H2,1-3H3. The van der Waals surface area contributed by atoms with Gasteiger partial charge in [-0.15, -0.1) is 5.10 Å². The second kappa shape index (κ2) is 4.62. The summed E-state index contributed by atoms with van der Waals surface area (Å²) in [6, 6.07) is 0.257. The fourth-order valence-corrected chi connectivity index (χ4v) is 1.55. The number of hydrogen-bond donors (Lipinski definition) is 1. The Balaban J connectivity index is 2.17. The number of rotatable bonds is 4. The molecule has 0 amide bonds. The average Bonchev–Trinajstić information content (AvgIpc) is 2.86. The van der Waals surface area contributed by atoms with Crippen LogP contribution in [-0.4, -0.2) is 34.9 Å². The lowest BCUT2D eigenvalue weighted by Crippen LogP contribution is -2.12. The average molecular weight is 236 g/mol. The molecule has 0 aromatic carbocycles. The molecular weight excluding hydrogens is 220 g/mol. The van der Waals surface area contributed by atoms with E-state index in [9.17, 15) is 5.11 Å². The van der Waals surface area contributed by atoms with Gasteiger partial charge < -0.3 is 5.11 Å². The topological polar surface area (TPSA) is 81.6 Å². The summed E-state index contributed by atoms with van der Waals surface area (Å²) in [5.74, 6) is 0.821. The van der Waals surface area contributed by atoms with Crippen LogP contribution in [0.25, 0.3) is 0 Å².